The first-order chi connectivity index (χ1) is 8.22. The van der Waals surface area contributed by atoms with Crippen molar-refractivity contribution in [1.82, 2.24) is 0 Å². The lowest BCUT2D eigenvalue weighted by atomic mass is 10.1. The highest BCUT2D eigenvalue weighted by atomic mass is 16.5. The van der Waals surface area contributed by atoms with Gasteiger partial charge in [-0.05, 0) is 11.5 Å². The number of ether oxygens (including phenoxy) is 1. The summed E-state index contributed by atoms with van der Waals surface area (Å²) in [6.07, 6.45) is 3.14. The zero-order chi connectivity index (χ0) is 12.3. The van der Waals surface area contributed by atoms with Gasteiger partial charge in [-0.1, -0.05) is 18.2 Å². The van der Waals surface area contributed by atoms with Gasteiger partial charge in [-0.25, -0.2) is 4.57 Å². The predicted octanol–water partition coefficient (Wildman–Crippen LogP) is 1.77. The first-order valence-corrected chi connectivity index (χ1v) is 5.65. The average Bonchev–Trinajstić information content (AvgIpc) is 2.37. The molecule has 0 atom stereocenters. The molecule has 3 nitrogen and oxygen atoms in total. The van der Waals surface area contributed by atoms with Crippen LogP contribution in [0, 0.1) is 0 Å². The van der Waals surface area contributed by atoms with Crippen LogP contribution in [0.2, 0.25) is 0 Å². The second-order valence-corrected chi connectivity index (χ2v) is 4.04. The summed E-state index contributed by atoms with van der Waals surface area (Å²) in [6.45, 7) is 0. The van der Waals surface area contributed by atoms with Crippen molar-refractivity contribution in [2.75, 3.05) is 7.11 Å². The van der Waals surface area contributed by atoms with Gasteiger partial charge in [0.1, 0.15) is 7.05 Å². The van der Waals surface area contributed by atoms with E-state index in [9.17, 15) is 4.79 Å². The number of nitrogens with zero attached hydrogens (tertiary/aromatic N) is 1. The third-order valence-corrected chi connectivity index (χ3v) is 2.97. The molecule has 0 saturated carbocycles. The number of aryl methyl sites for hydroxylation is 2. The van der Waals surface area contributed by atoms with Crippen LogP contribution in [-0.2, 0) is 23.0 Å². The number of rotatable bonds is 3. The molecule has 1 aromatic heterocycles. The summed E-state index contributed by atoms with van der Waals surface area (Å²) in [4.78, 5) is 11.2. The summed E-state index contributed by atoms with van der Waals surface area (Å²) in [6, 6.07) is 10.3. The highest BCUT2D eigenvalue weighted by Crippen LogP contribution is 2.16. The number of carbonyl (C=O) groups is 1. The second kappa shape index (κ2) is 4.95. The second-order valence-electron chi connectivity index (χ2n) is 4.04. The minimum Gasteiger partial charge on any atom is -0.469 e. The van der Waals surface area contributed by atoms with Crippen LogP contribution in [0.1, 0.15) is 12.1 Å². The van der Waals surface area contributed by atoms with E-state index in [-0.39, 0.29) is 5.97 Å². The molecule has 2 rings (SSSR count). The van der Waals surface area contributed by atoms with E-state index in [4.69, 9.17) is 0 Å². The number of benzene rings is 1. The molecule has 0 saturated heterocycles. The third-order valence-electron chi connectivity index (χ3n) is 2.97. The number of hydrogen-bond donors (Lipinski definition) is 0. The number of pyridine rings is 1. The number of esters is 1. The molecule has 0 aliphatic heterocycles. The summed E-state index contributed by atoms with van der Waals surface area (Å²) < 4.78 is 6.74. The predicted molar refractivity (Wildman–Crippen MR) is 65.5 cm³/mol. The van der Waals surface area contributed by atoms with E-state index >= 15 is 0 Å². The standard InChI is InChI=1S/C14H16NO2/c1-15-10-9-11-5-3-4-6-12(11)13(15)7-8-14(16)17-2/h3-6,9-10H,7-8H2,1-2H3/q+1. The maximum Gasteiger partial charge on any atom is 0.306 e. The van der Waals surface area contributed by atoms with E-state index in [2.05, 4.69) is 27.5 Å². The number of aromatic nitrogens is 1. The van der Waals surface area contributed by atoms with Crippen LogP contribution in [0.15, 0.2) is 36.5 Å². The molecule has 1 heterocycles. The zero-order valence-corrected chi connectivity index (χ0v) is 10.1. The molecule has 0 unspecified atom stereocenters. The van der Waals surface area contributed by atoms with Gasteiger partial charge in [0.25, 0.3) is 0 Å². The van der Waals surface area contributed by atoms with E-state index in [1.807, 2.05) is 25.4 Å². The number of fused-ring (bicyclic) bond motifs is 1. The van der Waals surface area contributed by atoms with Gasteiger partial charge in [-0.3, -0.25) is 4.79 Å². The summed E-state index contributed by atoms with van der Waals surface area (Å²) in [5.74, 6) is -0.169. The van der Waals surface area contributed by atoms with Crippen molar-refractivity contribution < 1.29 is 14.1 Å². The van der Waals surface area contributed by atoms with E-state index in [1.165, 1.54) is 17.9 Å². The van der Waals surface area contributed by atoms with Crippen molar-refractivity contribution in [3.63, 3.8) is 0 Å². The number of hydrogen-bond acceptors (Lipinski definition) is 2. The van der Waals surface area contributed by atoms with Crippen molar-refractivity contribution in [2.24, 2.45) is 7.05 Å². The molecule has 0 bridgehead atoms. The molecular weight excluding hydrogens is 214 g/mol. The Labute approximate surface area is 101 Å². The van der Waals surface area contributed by atoms with Crippen LogP contribution in [0.3, 0.4) is 0 Å². The Morgan fingerprint density at radius 1 is 1.29 bits per heavy atom. The maximum absolute atomic E-state index is 11.2. The average molecular weight is 230 g/mol. The van der Waals surface area contributed by atoms with E-state index in [0.29, 0.717) is 12.8 Å². The number of carbonyl (C=O) groups excluding carboxylic acids is 1. The van der Waals surface area contributed by atoms with Gasteiger partial charge in [-0.15, -0.1) is 0 Å². The molecule has 0 fully saturated rings. The monoisotopic (exact) mass is 230 g/mol. The smallest absolute Gasteiger partial charge is 0.306 e. The maximum atomic E-state index is 11.2. The molecule has 17 heavy (non-hydrogen) atoms. The van der Waals surface area contributed by atoms with Gasteiger partial charge in [0.15, 0.2) is 11.9 Å². The zero-order valence-electron chi connectivity index (χ0n) is 10.1. The SMILES string of the molecule is COC(=O)CCc1c2ccccc2cc[n+]1C. The fourth-order valence-electron chi connectivity index (χ4n) is 2.01. The molecule has 3 heteroatoms. The van der Waals surface area contributed by atoms with E-state index in [1.54, 1.807) is 0 Å². The Kier molecular flexibility index (Phi) is 3.38. The lowest BCUT2D eigenvalue weighted by Gasteiger charge is -2.04. The molecule has 1 aromatic carbocycles. The summed E-state index contributed by atoms with van der Waals surface area (Å²) in [7, 11) is 3.42. The van der Waals surface area contributed by atoms with Crippen LogP contribution in [0.5, 0.6) is 0 Å². The molecule has 2 aromatic rings. The van der Waals surface area contributed by atoms with Gasteiger partial charge >= 0.3 is 5.97 Å². The van der Waals surface area contributed by atoms with E-state index < -0.39 is 0 Å². The fourth-order valence-corrected chi connectivity index (χ4v) is 2.01. The van der Waals surface area contributed by atoms with Gasteiger partial charge in [-0.2, -0.15) is 0 Å². The van der Waals surface area contributed by atoms with E-state index in [0.717, 1.165) is 5.69 Å². The third kappa shape index (κ3) is 2.44. The van der Waals surface area contributed by atoms with Gasteiger partial charge in [0.2, 0.25) is 0 Å². The normalized spacial score (nSPS) is 10.5. The van der Waals surface area contributed by atoms with Crippen molar-refractivity contribution >= 4 is 16.7 Å². The Bertz CT molecular complexity index is 549. The van der Waals surface area contributed by atoms with Crippen LogP contribution >= 0.6 is 0 Å². The van der Waals surface area contributed by atoms with Crippen molar-refractivity contribution in [1.29, 1.82) is 0 Å². The molecular formula is C14H16NO2+. The molecule has 0 spiro atoms. The lowest BCUT2D eigenvalue weighted by molar-refractivity contribution is -0.677. The quantitative estimate of drug-likeness (QED) is 0.594. The Hall–Kier alpha value is -1.90. The number of methoxy groups -OCH3 is 1. The summed E-state index contributed by atoms with van der Waals surface area (Å²) in [5, 5.41) is 2.40. The van der Waals surface area contributed by atoms with Crippen LogP contribution in [0.25, 0.3) is 10.8 Å². The van der Waals surface area contributed by atoms with Crippen LogP contribution in [0.4, 0.5) is 0 Å². The largest absolute Gasteiger partial charge is 0.469 e. The van der Waals surface area contributed by atoms with Gasteiger partial charge in [0, 0.05) is 17.9 Å². The van der Waals surface area contributed by atoms with Gasteiger partial charge < -0.3 is 4.74 Å². The first kappa shape index (κ1) is 11.6. The van der Waals surface area contributed by atoms with Crippen LogP contribution < -0.4 is 4.57 Å². The highest BCUT2D eigenvalue weighted by Gasteiger charge is 2.13. The lowest BCUT2D eigenvalue weighted by Crippen LogP contribution is -2.33. The Morgan fingerprint density at radius 2 is 2.06 bits per heavy atom. The first-order valence-electron chi connectivity index (χ1n) is 5.65. The molecule has 0 amide bonds. The topological polar surface area (TPSA) is 30.2 Å². The van der Waals surface area contributed by atoms with Crippen molar-refractivity contribution in [3.8, 4) is 0 Å². The van der Waals surface area contributed by atoms with Crippen LogP contribution in [-0.4, -0.2) is 13.1 Å². The molecule has 0 aliphatic carbocycles. The minimum absolute atomic E-state index is 0.169. The fraction of sp³-hybridized carbons (Fsp3) is 0.286. The summed E-state index contributed by atoms with van der Waals surface area (Å²) in [5.41, 5.74) is 1.16. The van der Waals surface area contributed by atoms with Gasteiger partial charge in [0.05, 0.1) is 13.5 Å². The Balaban J connectivity index is 2.37. The Morgan fingerprint density at radius 3 is 2.82 bits per heavy atom. The molecule has 88 valence electrons. The minimum atomic E-state index is -0.169. The highest BCUT2D eigenvalue weighted by molar-refractivity contribution is 5.83. The van der Waals surface area contributed by atoms with Crippen molar-refractivity contribution in [2.45, 2.75) is 12.8 Å². The molecule has 0 aliphatic rings. The molecule has 0 N–H and O–H groups in total. The summed E-state index contributed by atoms with van der Waals surface area (Å²) >= 11 is 0. The van der Waals surface area contributed by atoms with Crippen molar-refractivity contribution in [3.05, 3.63) is 42.2 Å². The molecule has 0 radical (unpaired) electrons.